The van der Waals surface area contributed by atoms with Gasteiger partial charge < -0.3 is 40.2 Å². The van der Waals surface area contributed by atoms with E-state index in [1.165, 1.54) is 5.56 Å². The summed E-state index contributed by atoms with van der Waals surface area (Å²) in [6, 6.07) is 8.79. The molecule has 1 atom stereocenters. The van der Waals surface area contributed by atoms with E-state index >= 15 is 0 Å². The molecule has 1 saturated heterocycles. The lowest BCUT2D eigenvalue weighted by molar-refractivity contribution is 0.0180. The largest absolute Gasteiger partial charge is 0.491 e. The monoisotopic (exact) mass is 424 g/mol. The number of ether oxygens (including phenoxy) is 4. The Balaban J connectivity index is 1.61. The zero-order chi connectivity index (χ0) is 21.1. The lowest BCUT2D eigenvalue weighted by Gasteiger charge is -2.21. The van der Waals surface area contributed by atoms with Gasteiger partial charge in [-0.2, -0.15) is 0 Å². The average molecular weight is 425 g/mol. The number of methoxy groups -OCH3 is 1. The molecule has 172 valence electrons. The number of rotatable bonds is 12. The molecule has 4 N–H and O–H groups in total. The lowest BCUT2D eigenvalue weighted by Crippen LogP contribution is -2.46. The molecule has 0 spiro atoms. The molecule has 2 rings (SSSR count). The fraction of sp³-hybridized carbons (Fsp3) is 0.727. The third kappa shape index (κ3) is 12.4. The smallest absolute Gasteiger partial charge is 0.119 e. The Bertz CT molecular complexity index is 506. The van der Waals surface area contributed by atoms with E-state index in [0.717, 1.165) is 58.0 Å². The number of nitrogens with one attached hydrogen (secondary N) is 4. The Hall–Kier alpha value is -1.26. The van der Waals surface area contributed by atoms with E-state index in [4.69, 9.17) is 18.9 Å². The van der Waals surface area contributed by atoms with Crippen LogP contribution in [0.4, 0.5) is 0 Å². The fourth-order valence-corrected chi connectivity index (χ4v) is 3.15. The maximum Gasteiger partial charge on any atom is 0.119 e. The Kier molecular flexibility index (Phi) is 14.5. The van der Waals surface area contributed by atoms with Crippen molar-refractivity contribution >= 4 is 0 Å². The van der Waals surface area contributed by atoms with Crippen molar-refractivity contribution in [2.24, 2.45) is 0 Å². The van der Waals surface area contributed by atoms with Crippen LogP contribution in [0.5, 0.6) is 5.75 Å². The molecule has 1 unspecified atom stereocenters. The molecule has 1 aliphatic heterocycles. The second-order valence-corrected chi connectivity index (χ2v) is 7.27. The van der Waals surface area contributed by atoms with Gasteiger partial charge in [-0.05, 0) is 24.1 Å². The number of benzene rings is 1. The van der Waals surface area contributed by atoms with Crippen molar-refractivity contribution in [1.29, 1.82) is 0 Å². The molecule has 0 aliphatic carbocycles. The van der Waals surface area contributed by atoms with Crippen LogP contribution < -0.4 is 26.0 Å². The molecule has 1 heterocycles. The number of hydrogen-bond acceptors (Lipinski definition) is 8. The molecule has 1 aromatic carbocycles. The number of hydrogen-bond donors (Lipinski definition) is 4. The van der Waals surface area contributed by atoms with Crippen molar-refractivity contribution in [3.8, 4) is 5.75 Å². The van der Waals surface area contributed by atoms with E-state index in [0.29, 0.717) is 45.7 Å². The van der Waals surface area contributed by atoms with E-state index < -0.39 is 0 Å². The van der Waals surface area contributed by atoms with Crippen LogP contribution in [0.25, 0.3) is 0 Å². The van der Waals surface area contributed by atoms with E-state index in [9.17, 15) is 0 Å². The summed E-state index contributed by atoms with van der Waals surface area (Å²) < 4.78 is 21.5. The minimum atomic E-state index is 0.414. The SMILES string of the molecule is COCCOCCOCCOc1ccc(CC2CNCCNCCNCCN2)cc1. The maximum atomic E-state index is 5.76. The van der Waals surface area contributed by atoms with Crippen LogP contribution >= 0.6 is 0 Å². The van der Waals surface area contributed by atoms with Crippen molar-refractivity contribution in [2.75, 3.05) is 92.6 Å². The van der Waals surface area contributed by atoms with Gasteiger partial charge in [0.05, 0.1) is 33.0 Å². The zero-order valence-corrected chi connectivity index (χ0v) is 18.4. The van der Waals surface area contributed by atoms with Crippen LogP contribution in [0.1, 0.15) is 5.56 Å². The molecule has 1 aromatic rings. The average Bonchev–Trinajstić information content (AvgIpc) is 2.75. The third-order valence-corrected chi connectivity index (χ3v) is 4.79. The van der Waals surface area contributed by atoms with Crippen molar-refractivity contribution < 1.29 is 18.9 Å². The maximum absolute atomic E-state index is 5.76. The van der Waals surface area contributed by atoms with Gasteiger partial charge in [0.25, 0.3) is 0 Å². The van der Waals surface area contributed by atoms with Crippen molar-refractivity contribution in [3.63, 3.8) is 0 Å². The second kappa shape index (κ2) is 17.4. The minimum absolute atomic E-state index is 0.414. The molecule has 8 heteroatoms. The first-order valence-corrected chi connectivity index (χ1v) is 11.1. The van der Waals surface area contributed by atoms with Crippen LogP contribution in [-0.4, -0.2) is 98.6 Å². The molecule has 1 aliphatic rings. The van der Waals surface area contributed by atoms with E-state index in [2.05, 4.69) is 33.4 Å². The van der Waals surface area contributed by atoms with Gasteiger partial charge in [0.2, 0.25) is 0 Å². The molecular weight excluding hydrogens is 384 g/mol. The quantitative estimate of drug-likeness (QED) is 0.350. The molecule has 0 radical (unpaired) electrons. The van der Waals surface area contributed by atoms with Crippen LogP contribution in [0.15, 0.2) is 24.3 Å². The van der Waals surface area contributed by atoms with Gasteiger partial charge in [0.15, 0.2) is 0 Å². The summed E-state index contributed by atoms with van der Waals surface area (Å²) in [6.45, 7) is 10.4. The first kappa shape index (κ1) is 25.0. The molecule has 1 fully saturated rings. The molecule has 0 aromatic heterocycles. The van der Waals surface area contributed by atoms with Crippen molar-refractivity contribution in [2.45, 2.75) is 12.5 Å². The van der Waals surface area contributed by atoms with Crippen LogP contribution in [0, 0.1) is 0 Å². The Morgan fingerprint density at radius 3 is 2.03 bits per heavy atom. The molecule has 0 amide bonds. The van der Waals surface area contributed by atoms with Crippen LogP contribution in [0.2, 0.25) is 0 Å². The molecule has 30 heavy (non-hydrogen) atoms. The van der Waals surface area contributed by atoms with Gasteiger partial charge in [-0.15, -0.1) is 0 Å². The highest BCUT2D eigenvalue weighted by atomic mass is 16.6. The summed E-state index contributed by atoms with van der Waals surface area (Å²) in [5.41, 5.74) is 1.31. The van der Waals surface area contributed by atoms with E-state index in [-0.39, 0.29) is 0 Å². The summed E-state index contributed by atoms with van der Waals surface area (Å²) in [5.74, 6) is 0.874. The first-order valence-electron chi connectivity index (χ1n) is 11.1. The Labute approximate surface area is 181 Å². The van der Waals surface area contributed by atoms with E-state index in [1.54, 1.807) is 7.11 Å². The van der Waals surface area contributed by atoms with Gasteiger partial charge >= 0.3 is 0 Å². The summed E-state index contributed by atoms with van der Waals surface area (Å²) in [7, 11) is 1.66. The fourth-order valence-electron chi connectivity index (χ4n) is 3.15. The van der Waals surface area contributed by atoms with Crippen LogP contribution in [0.3, 0.4) is 0 Å². The van der Waals surface area contributed by atoms with E-state index in [1.807, 2.05) is 12.1 Å². The topological polar surface area (TPSA) is 85.0 Å². The second-order valence-electron chi connectivity index (χ2n) is 7.27. The van der Waals surface area contributed by atoms with Gasteiger partial charge in [-0.1, -0.05) is 12.1 Å². The van der Waals surface area contributed by atoms with Crippen molar-refractivity contribution in [3.05, 3.63) is 29.8 Å². The first-order chi connectivity index (χ1) is 14.9. The van der Waals surface area contributed by atoms with Gasteiger partial charge in [0.1, 0.15) is 12.4 Å². The molecular formula is C22H40N4O4. The van der Waals surface area contributed by atoms with Gasteiger partial charge in [-0.3, -0.25) is 0 Å². The minimum Gasteiger partial charge on any atom is -0.491 e. The zero-order valence-electron chi connectivity index (χ0n) is 18.4. The Morgan fingerprint density at radius 1 is 0.733 bits per heavy atom. The molecule has 0 saturated carbocycles. The standard InChI is InChI=1S/C22H40N4O4/c1-27-12-13-28-14-15-29-16-17-30-22-4-2-20(3-5-22)18-21-19-25-9-8-23-6-7-24-10-11-26-21/h2-5,21,23-26H,6-19H2,1H3. The normalized spacial score (nSPS) is 19.0. The highest BCUT2D eigenvalue weighted by molar-refractivity contribution is 5.27. The third-order valence-electron chi connectivity index (χ3n) is 4.79. The molecule has 0 bridgehead atoms. The Morgan fingerprint density at radius 2 is 1.33 bits per heavy atom. The van der Waals surface area contributed by atoms with Crippen LogP contribution in [-0.2, 0) is 20.6 Å². The van der Waals surface area contributed by atoms with Gasteiger partial charge in [-0.25, -0.2) is 0 Å². The van der Waals surface area contributed by atoms with Crippen molar-refractivity contribution in [1.82, 2.24) is 21.3 Å². The summed E-state index contributed by atoms with van der Waals surface area (Å²) >= 11 is 0. The lowest BCUT2D eigenvalue weighted by atomic mass is 10.1. The predicted molar refractivity (Wildman–Crippen MR) is 120 cm³/mol. The van der Waals surface area contributed by atoms with Gasteiger partial charge in [0, 0.05) is 59.0 Å². The molecule has 8 nitrogen and oxygen atoms in total. The predicted octanol–water partition coefficient (Wildman–Crippen LogP) is 0.0281. The summed E-state index contributed by atoms with van der Waals surface area (Å²) in [5, 5.41) is 14.1. The highest BCUT2D eigenvalue weighted by Crippen LogP contribution is 2.13. The summed E-state index contributed by atoms with van der Waals surface area (Å²) in [4.78, 5) is 0. The summed E-state index contributed by atoms with van der Waals surface area (Å²) in [6.07, 6.45) is 0.993. The highest BCUT2D eigenvalue weighted by Gasteiger charge is 2.09.